The van der Waals surface area contributed by atoms with E-state index in [1.807, 2.05) is 13.8 Å². The van der Waals surface area contributed by atoms with Crippen LogP contribution < -0.4 is 0 Å². The van der Waals surface area contributed by atoms with E-state index in [-0.39, 0.29) is 12.4 Å². The Hall–Kier alpha value is -0.120. The van der Waals surface area contributed by atoms with Crippen LogP contribution in [0.1, 0.15) is 13.8 Å². The normalized spacial score (nSPS) is 16.8. The van der Waals surface area contributed by atoms with Gasteiger partial charge in [-0.3, -0.25) is 0 Å². The predicted octanol–water partition coefficient (Wildman–Crippen LogP) is 1.03. The van der Waals surface area contributed by atoms with Gasteiger partial charge in [-0.25, -0.2) is 0 Å². The van der Waals surface area contributed by atoms with E-state index in [4.69, 9.17) is 14.2 Å². The summed E-state index contributed by atoms with van der Waals surface area (Å²) in [6, 6.07) is 0. The molecule has 0 heterocycles. The molecule has 3 heteroatoms. The van der Waals surface area contributed by atoms with Gasteiger partial charge in [0.05, 0.1) is 12.7 Å². The lowest BCUT2D eigenvalue weighted by Gasteiger charge is -2.16. The fourth-order valence-corrected chi connectivity index (χ4v) is 0.657. The van der Waals surface area contributed by atoms with Crippen LogP contribution in [0.4, 0.5) is 0 Å². The average molecular weight is 148 g/mol. The molecule has 0 amide bonds. The maximum absolute atomic E-state index is 5.29. The van der Waals surface area contributed by atoms with E-state index in [2.05, 4.69) is 0 Å². The molecule has 0 aliphatic heterocycles. The summed E-state index contributed by atoms with van der Waals surface area (Å²) in [6.45, 7) is 4.40. The molecule has 0 rings (SSSR count). The summed E-state index contributed by atoms with van der Waals surface area (Å²) in [5.74, 6) is 0. The quantitative estimate of drug-likeness (QED) is 0.545. The maximum Gasteiger partial charge on any atom is 0.154 e. The Bertz CT molecular complexity index is 75.3. The molecule has 0 aromatic rings. The topological polar surface area (TPSA) is 27.7 Å². The van der Waals surface area contributed by atoms with E-state index in [9.17, 15) is 0 Å². The summed E-state index contributed by atoms with van der Waals surface area (Å²) in [5, 5.41) is 0. The summed E-state index contributed by atoms with van der Waals surface area (Å²) in [7, 11) is 3.27. The highest BCUT2D eigenvalue weighted by atomic mass is 16.7. The third kappa shape index (κ3) is 4.73. The van der Waals surface area contributed by atoms with Crippen LogP contribution in [-0.4, -0.2) is 33.2 Å². The molecular weight excluding hydrogens is 132 g/mol. The third-order valence-corrected chi connectivity index (χ3v) is 1.16. The van der Waals surface area contributed by atoms with Crippen LogP contribution >= 0.6 is 0 Å². The van der Waals surface area contributed by atoms with Crippen LogP contribution in [-0.2, 0) is 14.2 Å². The van der Waals surface area contributed by atoms with E-state index in [0.717, 1.165) is 0 Å². The third-order valence-electron chi connectivity index (χ3n) is 1.16. The summed E-state index contributed by atoms with van der Waals surface area (Å²) in [6.07, 6.45) is -0.0508. The minimum absolute atomic E-state index is 0.0972. The molecule has 0 aromatic heterocycles. The molecule has 0 aliphatic rings. The minimum atomic E-state index is -0.148. The van der Waals surface area contributed by atoms with Gasteiger partial charge < -0.3 is 14.2 Å². The summed E-state index contributed by atoms with van der Waals surface area (Å²) in [4.78, 5) is 0. The monoisotopic (exact) mass is 148 g/mol. The molecule has 0 saturated carbocycles. The molecule has 0 spiro atoms. The molecule has 2 unspecified atom stereocenters. The van der Waals surface area contributed by atoms with Gasteiger partial charge in [0, 0.05) is 14.2 Å². The van der Waals surface area contributed by atoms with Crippen LogP contribution in [0.2, 0.25) is 0 Å². The molecule has 0 fully saturated rings. The molecule has 3 nitrogen and oxygen atoms in total. The highest BCUT2D eigenvalue weighted by Crippen LogP contribution is 1.97. The van der Waals surface area contributed by atoms with Gasteiger partial charge in [-0.1, -0.05) is 0 Å². The van der Waals surface area contributed by atoms with Gasteiger partial charge in [-0.15, -0.1) is 0 Å². The zero-order chi connectivity index (χ0) is 7.98. The van der Waals surface area contributed by atoms with Gasteiger partial charge >= 0.3 is 0 Å². The van der Waals surface area contributed by atoms with Gasteiger partial charge in [0.15, 0.2) is 6.29 Å². The standard InChI is InChI=1S/C7H16O3/c1-6(5-8-3)10-7(2)9-4/h6-7H,5H2,1-4H3. The van der Waals surface area contributed by atoms with Crippen LogP contribution in [0, 0.1) is 0 Å². The van der Waals surface area contributed by atoms with Gasteiger partial charge in [-0.05, 0) is 13.8 Å². The number of hydrogen-bond donors (Lipinski definition) is 0. The number of ether oxygens (including phenoxy) is 3. The Balaban J connectivity index is 3.27. The van der Waals surface area contributed by atoms with Crippen molar-refractivity contribution in [1.82, 2.24) is 0 Å². The lowest BCUT2D eigenvalue weighted by molar-refractivity contribution is -0.150. The Morgan fingerprint density at radius 1 is 1.20 bits per heavy atom. The van der Waals surface area contributed by atoms with Crippen LogP contribution in [0.3, 0.4) is 0 Å². The number of methoxy groups -OCH3 is 2. The Kier molecular flexibility index (Phi) is 5.58. The Labute approximate surface area is 62.3 Å². The van der Waals surface area contributed by atoms with Crippen molar-refractivity contribution in [3.8, 4) is 0 Å². The van der Waals surface area contributed by atoms with Crippen molar-refractivity contribution in [2.24, 2.45) is 0 Å². The van der Waals surface area contributed by atoms with Crippen LogP contribution in [0.5, 0.6) is 0 Å². The van der Waals surface area contributed by atoms with Crippen molar-refractivity contribution < 1.29 is 14.2 Å². The van der Waals surface area contributed by atoms with Crippen molar-refractivity contribution >= 4 is 0 Å². The maximum atomic E-state index is 5.29. The van der Waals surface area contributed by atoms with Crippen molar-refractivity contribution in [2.75, 3.05) is 20.8 Å². The largest absolute Gasteiger partial charge is 0.382 e. The molecule has 0 aliphatic carbocycles. The van der Waals surface area contributed by atoms with Crippen LogP contribution in [0.15, 0.2) is 0 Å². The van der Waals surface area contributed by atoms with Crippen molar-refractivity contribution in [1.29, 1.82) is 0 Å². The summed E-state index contributed by atoms with van der Waals surface area (Å²) < 4.78 is 15.1. The average Bonchev–Trinajstić information content (AvgIpc) is 1.88. The molecule has 0 bridgehead atoms. The molecule has 0 saturated heterocycles. The first-order valence-electron chi connectivity index (χ1n) is 3.38. The molecule has 62 valence electrons. The summed E-state index contributed by atoms with van der Waals surface area (Å²) in [5.41, 5.74) is 0. The highest BCUT2D eigenvalue weighted by molar-refractivity contribution is 4.45. The second kappa shape index (κ2) is 5.65. The Morgan fingerprint density at radius 3 is 2.20 bits per heavy atom. The fraction of sp³-hybridized carbons (Fsp3) is 1.00. The molecule has 2 atom stereocenters. The number of rotatable bonds is 5. The van der Waals surface area contributed by atoms with Gasteiger partial charge in [0.1, 0.15) is 0 Å². The predicted molar refractivity (Wildman–Crippen MR) is 38.9 cm³/mol. The fourth-order valence-electron chi connectivity index (χ4n) is 0.657. The van der Waals surface area contributed by atoms with E-state index >= 15 is 0 Å². The van der Waals surface area contributed by atoms with Gasteiger partial charge in [-0.2, -0.15) is 0 Å². The number of hydrogen-bond acceptors (Lipinski definition) is 3. The van der Waals surface area contributed by atoms with Gasteiger partial charge in [0.25, 0.3) is 0 Å². The molecule has 10 heavy (non-hydrogen) atoms. The van der Waals surface area contributed by atoms with E-state index in [1.54, 1.807) is 14.2 Å². The second-order valence-corrected chi connectivity index (χ2v) is 2.21. The lowest BCUT2D eigenvalue weighted by atomic mass is 10.4. The lowest BCUT2D eigenvalue weighted by Crippen LogP contribution is -2.22. The first-order valence-corrected chi connectivity index (χ1v) is 3.38. The smallest absolute Gasteiger partial charge is 0.154 e. The highest BCUT2D eigenvalue weighted by Gasteiger charge is 2.05. The zero-order valence-electron chi connectivity index (χ0n) is 7.09. The van der Waals surface area contributed by atoms with Crippen molar-refractivity contribution in [3.63, 3.8) is 0 Å². The minimum Gasteiger partial charge on any atom is -0.382 e. The molecular formula is C7H16O3. The first-order chi connectivity index (χ1) is 4.70. The van der Waals surface area contributed by atoms with E-state index in [1.165, 1.54) is 0 Å². The zero-order valence-corrected chi connectivity index (χ0v) is 7.09. The molecule has 0 aromatic carbocycles. The first kappa shape index (κ1) is 9.88. The van der Waals surface area contributed by atoms with Crippen molar-refractivity contribution in [2.45, 2.75) is 26.2 Å². The Morgan fingerprint density at radius 2 is 1.80 bits per heavy atom. The van der Waals surface area contributed by atoms with Crippen molar-refractivity contribution in [3.05, 3.63) is 0 Å². The second-order valence-electron chi connectivity index (χ2n) is 2.21. The SMILES string of the molecule is COCC(C)OC(C)OC. The van der Waals surface area contributed by atoms with Gasteiger partial charge in [0.2, 0.25) is 0 Å². The van der Waals surface area contributed by atoms with E-state index < -0.39 is 0 Å². The van der Waals surface area contributed by atoms with E-state index in [0.29, 0.717) is 6.61 Å². The molecule has 0 radical (unpaired) electrons. The van der Waals surface area contributed by atoms with Crippen LogP contribution in [0.25, 0.3) is 0 Å². The molecule has 0 N–H and O–H groups in total. The summed E-state index contributed by atoms with van der Waals surface area (Å²) >= 11 is 0.